The normalized spacial score (nSPS) is 18.8. The molecule has 0 fully saturated rings. The highest BCUT2D eigenvalue weighted by Crippen LogP contribution is 2.36. The fraction of sp³-hybridized carbons (Fsp3) is 0.500. The van der Waals surface area contributed by atoms with Crippen molar-refractivity contribution in [3.8, 4) is 0 Å². The molecular weight excluding hydrogens is 424 g/mol. The molecule has 0 saturated heterocycles. The first kappa shape index (κ1) is 25.1. The van der Waals surface area contributed by atoms with Gasteiger partial charge in [-0.1, -0.05) is 0 Å². The average molecular weight is 453 g/mol. The average Bonchev–Trinajstić information content (AvgIpc) is 2.60. The van der Waals surface area contributed by atoms with Gasteiger partial charge in [-0.3, -0.25) is 0 Å². The molecule has 1 aromatic rings. The number of nitrogens with two attached hydrogens (primary N) is 1. The van der Waals surface area contributed by atoms with Gasteiger partial charge in [0, 0.05) is 11.3 Å². The molecule has 1 atom stereocenters. The maximum atomic E-state index is 14.6. The minimum absolute atomic E-state index is 0.00224. The molecule has 1 aliphatic heterocycles. The van der Waals surface area contributed by atoms with Crippen LogP contribution in [0, 0.1) is 5.82 Å². The summed E-state index contributed by atoms with van der Waals surface area (Å²) in [4.78, 5) is 30.5. The molecule has 0 aliphatic carbocycles. The number of hydrogen-bond donors (Lipinski definition) is 1. The Morgan fingerprint density at radius 2 is 1.66 bits per heavy atom. The molecule has 0 bridgehead atoms. The van der Waals surface area contributed by atoms with Gasteiger partial charge in [-0.2, -0.15) is 0 Å². The second-order valence-corrected chi connectivity index (χ2v) is 9.42. The SMILES string of the molecule is CC(C)(C)OC(=O)N(C(=O)OC(C)(C)C)C1=N[C@](C)(c2cc(N)ccc2F)C=C(CF)O1. The number of benzene rings is 1. The van der Waals surface area contributed by atoms with Crippen LogP contribution in [0.3, 0.4) is 0 Å². The Labute approximate surface area is 186 Å². The molecule has 2 rings (SSSR count). The van der Waals surface area contributed by atoms with Gasteiger partial charge in [0.15, 0.2) is 0 Å². The molecule has 0 spiro atoms. The predicted octanol–water partition coefficient (Wildman–Crippen LogP) is 5.03. The summed E-state index contributed by atoms with van der Waals surface area (Å²) in [6.07, 6.45) is -1.06. The lowest BCUT2D eigenvalue weighted by Gasteiger charge is -2.33. The molecule has 0 radical (unpaired) electrons. The van der Waals surface area contributed by atoms with E-state index < -0.39 is 47.4 Å². The van der Waals surface area contributed by atoms with Crippen molar-refractivity contribution in [1.29, 1.82) is 0 Å². The molecule has 8 nitrogen and oxygen atoms in total. The number of amides is 2. The van der Waals surface area contributed by atoms with Crippen LogP contribution in [0.25, 0.3) is 0 Å². The summed E-state index contributed by atoms with van der Waals surface area (Å²) in [6, 6.07) is 3.22. The van der Waals surface area contributed by atoms with Gasteiger partial charge in [0.2, 0.25) is 0 Å². The third-order valence-corrected chi connectivity index (χ3v) is 4.00. The molecule has 10 heteroatoms. The van der Waals surface area contributed by atoms with Crippen molar-refractivity contribution in [3.63, 3.8) is 0 Å². The molecule has 176 valence electrons. The quantitative estimate of drug-likeness (QED) is 0.630. The van der Waals surface area contributed by atoms with Gasteiger partial charge in [0.05, 0.1) is 0 Å². The topological polar surface area (TPSA) is 103 Å². The largest absolute Gasteiger partial charge is 0.443 e. The second kappa shape index (κ2) is 8.76. The van der Waals surface area contributed by atoms with E-state index in [0.29, 0.717) is 4.90 Å². The Kier molecular flexibility index (Phi) is 6.87. The molecule has 2 amide bonds. The highest BCUT2D eigenvalue weighted by atomic mass is 19.1. The summed E-state index contributed by atoms with van der Waals surface area (Å²) in [5.41, 5.74) is 2.54. The van der Waals surface area contributed by atoms with Crippen LogP contribution in [0.15, 0.2) is 35.0 Å². The number of anilines is 1. The lowest BCUT2D eigenvalue weighted by atomic mass is 9.90. The van der Waals surface area contributed by atoms with Gasteiger partial charge in [-0.05, 0) is 72.7 Å². The number of allylic oxidation sites excluding steroid dienone is 1. The minimum Gasteiger partial charge on any atom is -0.443 e. The van der Waals surface area contributed by atoms with E-state index >= 15 is 0 Å². The van der Waals surface area contributed by atoms with Crippen molar-refractivity contribution < 1.29 is 32.6 Å². The van der Waals surface area contributed by atoms with E-state index in [1.165, 1.54) is 25.1 Å². The van der Waals surface area contributed by atoms with Crippen LogP contribution < -0.4 is 5.73 Å². The molecule has 0 unspecified atom stereocenters. The number of amidine groups is 1. The number of nitrogens with zero attached hydrogens (tertiary/aromatic N) is 2. The summed E-state index contributed by atoms with van der Waals surface area (Å²) in [5.74, 6) is -0.946. The number of ether oxygens (including phenoxy) is 3. The number of aliphatic imine (C=N–C) groups is 1. The van der Waals surface area contributed by atoms with Crippen LogP contribution in [0.4, 0.5) is 24.1 Å². The molecule has 1 aromatic carbocycles. The number of hydrogen-bond acceptors (Lipinski definition) is 7. The van der Waals surface area contributed by atoms with Crippen molar-refractivity contribution in [2.45, 2.75) is 65.2 Å². The van der Waals surface area contributed by atoms with Gasteiger partial charge >= 0.3 is 18.2 Å². The van der Waals surface area contributed by atoms with E-state index in [4.69, 9.17) is 19.9 Å². The van der Waals surface area contributed by atoms with Crippen molar-refractivity contribution in [1.82, 2.24) is 4.90 Å². The number of nitrogen functional groups attached to an aromatic ring is 1. The zero-order chi connectivity index (χ0) is 24.5. The lowest BCUT2D eigenvalue weighted by Crippen LogP contribution is -2.49. The Morgan fingerprint density at radius 3 is 2.12 bits per heavy atom. The fourth-order valence-electron chi connectivity index (χ4n) is 2.79. The van der Waals surface area contributed by atoms with Crippen LogP contribution in [0.2, 0.25) is 0 Å². The summed E-state index contributed by atoms with van der Waals surface area (Å²) in [5, 5.41) is 0. The van der Waals surface area contributed by atoms with Crippen LogP contribution in [0.5, 0.6) is 0 Å². The molecule has 32 heavy (non-hydrogen) atoms. The third-order valence-electron chi connectivity index (χ3n) is 4.00. The van der Waals surface area contributed by atoms with Crippen LogP contribution in [-0.2, 0) is 19.7 Å². The van der Waals surface area contributed by atoms with E-state index in [-0.39, 0.29) is 17.0 Å². The number of carbonyl (C=O) groups excluding carboxylic acids is 2. The van der Waals surface area contributed by atoms with Crippen LogP contribution in [-0.4, -0.2) is 41.0 Å². The maximum Gasteiger partial charge on any atom is 0.428 e. The number of halogens is 2. The monoisotopic (exact) mass is 453 g/mol. The molecular formula is C22H29F2N3O5. The summed E-state index contributed by atoms with van der Waals surface area (Å²) in [7, 11) is 0. The standard InChI is InChI=1S/C22H29F2N3O5/c1-20(2,3)31-18(28)27(19(29)32-21(4,5)6)17-26-22(7,11-14(12-23)30-17)15-10-13(25)8-9-16(15)24/h8-11H,12,25H2,1-7H3/t22-/m0/s1. The van der Waals surface area contributed by atoms with Gasteiger partial charge in [0.25, 0.3) is 0 Å². The first-order chi connectivity index (χ1) is 14.5. The first-order valence-electron chi connectivity index (χ1n) is 9.91. The van der Waals surface area contributed by atoms with Crippen molar-refractivity contribution in [2.24, 2.45) is 4.99 Å². The van der Waals surface area contributed by atoms with Gasteiger partial charge < -0.3 is 19.9 Å². The Hall–Kier alpha value is -3.17. The van der Waals surface area contributed by atoms with Gasteiger partial charge in [-0.15, -0.1) is 4.90 Å². The van der Waals surface area contributed by atoms with E-state index in [2.05, 4.69) is 4.99 Å². The molecule has 1 heterocycles. The van der Waals surface area contributed by atoms with Gasteiger partial charge in [-0.25, -0.2) is 23.4 Å². The van der Waals surface area contributed by atoms with Crippen molar-refractivity contribution in [2.75, 3.05) is 12.4 Å². The zero-order valence-electron chi connectivity index (χ0n) is 19.3. The van der Waals surface area contributed by atoms with E-state index in [1.807, 2.05) is 0 Å². The Balaban J connectivity index is 2.63. The smallest absolute Gasteiger partial charge is 0.428 e. The predicted molar refractivity (Wildman–Crippen MR) is 115 cm³/mol. The third kappa shape index (κ3) is 6.18. The number of alkyl halides is 1. The lowest BCUT2D eigenvalue weighted by molar-refractivity contribution is 0.0105. The van der Waals surface area contributed by atoms with E-state index in [1.54, 1.807) is 41.5 Å². The van der Waals surface area contributed by atoms with Crippen LogP contribution in [0.1, 0.15) is 54.0 Å². The molecule has 0 saturated carbocycles. The Bertz CT molecular complexity index is 935. The van der Waals surface area contributed by atoms with Crippen LogP contribution >= 0.6 is 0 Å². The van der Waals surface area contributed by atoms with E-state index in [0.717, 1.165) is 6.07 Å². The maximum absolute atomic E-state index is 14.6. The number of imide groups is 1. The minimum atomic E-state index is -1.54. The summed E-state index contributed by atoms with van der Waals surface area (Å²) in [6.45, 7) is 9.95. The molecule has 0 aromatic heterocycles. The highest BCUT2D eigenvalue weighted by molar-refractivity contribution is 6.06. The number of carbonyl (C=O) groups is 2. The first-order valence-corrected chi connectivity index (χ1v) is 9.91. The summed E-state index contributed by atoms with van der Waals surface area (Å²) < 4.78 is 44.3. The van der Waals surface area contributed by atoms with Crippen molar-refractivity contribution >= 4 is 23.9 Å². The Morgan fingerprint density at radius 1 is 1.12 bits per heavy atom. The molecule has 1 aliphatic rings. The molecule has 2 N–H and O–H groups in total. The zero-order valence-corrected chi connectivity index (χ0v) is 19.3. The fourth-order valence-corrected chi connectivity index (χ4v) is 2.79. The van der Waals surface area contributed by atoms with Crippen molar-refractivity contribution in [3.05, 3.63) is 41.4 Å². The second-order valence-electron chi connectivity index (χ2n) is 9.42. The highest BCUT2D eigenvalue weighted by Gasteiger charge is 2.41. The van der Waals surface area contributed by atoms with Gasteiger partial charge in [0.1, 0.15) is 35.0 Å². The summed E-state index contributed by atoms with van der Waals surface area (Å²) >= 11 is 0. The number of rotatable bonds is 2. The van der Waals surface area contributed by atoms with E-state index in [9.17, 15) is 18.4 Å².